The number of rotatable bonds is 0. The van der Waals surface area contributed by atoms with Gasteiger partial charge in [-0.1, -0.05) is 215 Å². The third-order valence-corrected chi connectivity index (χ3v) is 16.3. The first-order valence-corrected chi connectivity index (χ1v) is 27.2. The van der Waals surface area contributed by atoms with Gasteiger partial charge in [-0.2, -0.15) is 0 Å². The lowest BCUT2D eigenvalue weighted by Gasteiger charge is -2.28. The molecule has 0 saturated heterocycles. The van der Waals surface area contributed by atoms with Gasteiger partial charge in [0, 0.05) is 0 Å². The van der Waals surface area contributed by atoms with Gasteiger partial charge in [-0.15, -0.1) is 0 Å². The highest BCUT2D eigenvalue weighted by molar-refractivity contribution is 6.35. The summed E-state index contributed by atoms with van der Waals surface area (Å²) in [6.07, 6.45) is 0. The molecule has 0 amide bonds. The normalized spacial score (nSPS) is 14.1. The van der Waals surface area contributed by atoms with Gasteiger partial charge in [-0.25, -0.2) is 0 Å². The van der Waals surface area contributed by atoms with Crippen molar-refractivity contribution >= 4 is 86.2 Å². The van der Waals surface area contributed by atoms with Crippen LogP contribution in [0.25, 0.3) is 86.2 Å². The van der Waals surface area contributed by atoms with Gasteiger partial charge in [-0.3, -0.25) is 0 Å². The lowest BCUT2D eigenvalue weighted by molar-refractivity contribution is 0.589. The molecule has 0 heterocycles. The summed E-state index contributed by atoms with van der Waals surface area (Å²) in [7, 11) is 0. The maximum atomic E-state index is 2.49. The van der Waals surface area contributed by atoms with Crippen molar-refractivity contribution in [1.82, 2.24) is 0 Å². The van der Waals surface area contributed by atoms with Crippen molar-refractivity contribution in [2.45, 2.75) is 209 Å². The van der Waals surface area contributed by atoms with Crippen LogP contribution in [0.3, 0.4) is 0 Å². The Morgan fingerprint density at radius 1 is 0.153 bits per heavy atom. The highest BCUT2D eigenvalue weighted by atomic mass is 14.3. The minimum absolute atomic E-state index is 0.0830. The molecule has 0 fully saturated rings. The van der Waals surface area contributed by atoms with Crippen LogP contribution in [0.15, 0.2) is 97.1 Å². The Balaban J connectivity index is 0.000000178. The molecule has 0 aromatic heterocycles. The minimum Gasteiger partial charge on any atom is -0.0561 e. The second kappa shape index (κ2) is 16.1. The zero-order valence-corrected chi connectivity index (χ0v) is 49.2. The largest absolute Gasteiger partial charge is 0.0561 e. The van der Waals surface area contributed by atoms with E-state index in [0.29, 0.717) is 0 Å². The molecule has 0 bridgehead atoms. The lowest BCUT2D eigenvalue weighted by Crippen LogP contribution is -2.14. The van der Waals surface area contributed by atoms with E-state index in [4.69, 9.17) is 0 Å². The van der Waals surface area contributed by atoms with E-state index in [0.717, 1.165) is 0 Å². The van der Waals surface area contributed by atoms with E-state index < -0.39 is 0 Å². The molecule has 10 aromatic rings. The van der Waals surface area contributed by atoms with E-state index in [1.54, 1.807) is 0 Å². The van der Waals surface area contributed by atoms with E-state index in [1.807, 2.05) is 0 Å². The van der Waals surface area contributed by atoms with Gasteiger partial charge >= 0.3 is 0 Å². The number of hydrogen-bond donors (Lipinski definition) is 0. The van der Waals surface area contributed by atoms with Crippen molar-refractivity contribution in [2.24, 2.45) is 0 Å². The Labute approximate surface area is 435 Å². The zero-order chi connectivity index (χ0) is 53.2. The van der Waals surface area contributed by atoms with Gasteiger partial charge in [0.1, 0.15) is 0 Å². The van der Waals surface area contributed by atoms with Gasteiger partial charge in [0.25, 0.3) is 0 Å². The van der Waals surface area contributed by atoms with Gasteiger partial charge in [0.2, 0.25) is 0 Å². The maximum absolute atomic E-state index is 2.49. The molecule has 0 aliphatic rings. The summed E-state index contributed by atoms with van der Waals surface area (Å²) in [6, 6.07) is 39.6. The second-order valence-corrected chi connectivity index (χ2v) is 30.6. The molecule has 0 N–H and O–H groups in total. The third-order valence-electron chi connectivity index (χ3n) is 16.3. The van der Waals surface area contributed by atoms with Crippen LogP contribution in [0.1, 0.15) is 211 Å². The summed E-state index contributed by atoms with van der Waals surface area (Å²) in [5.74, 6) is 0. The standard InChI is InChI=1S/2C36H44/c2*1-33(2,3)23-13-21-14-24(34(4,5)6)19-29-30-20-26(36(10,11)12)16-22-15-25(35(7,8)9)18-28(32(22)30)27(17-23)31(21)29/h2*13-20H,1-12H3. The molecule has 0 spiro atoms. The fraction of sp³-hybridized carbons (Fsp3) is 0.444. The van der Waals surface area contributed by atoms with Crippen LogP contribution in [0.4, 0.5) is 0 Å². The summed E-state index contributed by atoms with van der Waals surface area (Å²) in [5.41, 5.74) is 11.9. The summed E-state index contributed by atoms with van der Waals surface area (Å²) in [6.45, 7) is 56.1. The van der Waals surface area contributed by atoms with E-state index >= 15 is 0 Å². The van der Waals surface area contributed by atoms with Crippen LogP contribution in [0, 0.1) is 0 Å². The quantitative estimate of drug-likeness (QED) is 0.105. The molecule has 376 valence electrons. The third kappa shape index (κ3) is 9.04. The Hall–Kier alpha value is -5.20. The number of benzene rings is 10. The van der Waals surface area contributed by atoms with Gasteiger partial charge in [0.05, 0.1) is 0 Å². The van der Waals surface area contributed by atoms with Gasteiger partial charge in [-0.05, 0) is 223 Å². The van der Waals surface area contributed by atoms with Crippen LogP contribution in [-0.4, -0.2) is 0 Å². The number of hydrogen-bond acceptors (Lipinski definition) is 0. The molecule has 0 unspecified atom stereocenters. The SMILES string of the molecule is CC(C)(C)c1cc2cc(C(C)(C)C)cc3c4cc(C(C)(C)C)cc5cc(C(C)(C)C)cc(c(c1)c23)c54.CC(C)(C)c1cc2cc(C(C)(C)C)cc3c4cc(C(C)(C)C)cc5cc(C(C)(C)C)cc(c(c1)c23)c54. The molecule has 0 heteroatoms. The van der Waals surface area contributed by atoms with Crippen molar-refractivity contribution in [1.29, 1.82) is 0 Å². The summed E-state index contributed by atoms with van der Waals surface area (Å²) >= 11 is 0. The molecular weight excluding hydrogens is 865 g/mol. The highest BCUT2D eigenvalue weighted by Crippen LogP contribution is 2.49. The molecule has 10 rings (SSSR count). The Bertz CT molecular complexity index is 3030. The first-order valence-electron chi connectivity index (χ1n) is 27.2. The zero-order valence-electron chi connectivity index (χ0n) is 49.2. The van der Waals surface area contributed by atoms with Crippen molar-refractivity contribution in [2.75, 3.05) is 0 Å². The molecule has 0 saturated carbocycles. The Morgan fingerprint density at radius 2 is 0.250 bits per heavy atom. The molecule has 0 radical (unpaired) electrons. The van der Waals surface area contributed by atoms with Crippen molar-refractivity contribution in [3.63, 3.8) is 0 Å². The van der Waals surface area contributed by atoms with Crippen molar-refractivity contribution in [3.05, 3.63) is 142 Å². The van der Waals surface area contributed by atoms with Crippen LogP contribution in [-0.2, 0) is 43.3 Å². The monoisotopic (exact) mass is 953 g/mol. The minimum atomic E-state index is 0.0830. The van der Waals surface area contributed by atoms with Gasteiger partial charge in [0.15, 0.2) is 0 Å². The topological polar surface area (TPSA) is 0 Å². The average Bonchev–Trinajstić information content (AvgIpc) is 3.23. The van der Waals surface area contributed by atoms with Crippen LogP contribution in [0.2, 0.25) is 0 Å². The molecule has 0 aliphatic heterocycles. The maximum Gasteiger partial charge on any atom is -0.00260 e. The first kappa shape index (κ1) is 51.7. The predicted octanol–water partition coefficient (Wildman–Crippen LogP) is 21.9. The van der Waals surface area contributed by atoms with Gasteiger partial charge < -0.3 is 0 Å². The summed E-state index contributed by atoms with van der Waals surface area (Å²) < 4.78 is 0. The Morgan fingerprint density at radius 3 is 0.333 bits per heavy atom. The van der Waals surface area contributed by atoms with E-state index in [9.17, 15) is 0 Å². The van der Waals surface area contributed by atoms with E-state index in [1.165, 1.54) is 131 Å². The molecule has 0 aliphatic carbocycles. The molecular formula is C72H88. The van der Waals surface area contributed by atoms with E-state index in [-0.39, 0.29) is 43.3 Å². The molecule has 72 heavy (non-hydrogen) atoms. The fourth-order valence-corrected chi connectivity index (χ4v) is 11.2. The fourth-order valence-electron chi connectivity index (χ4n) is 11.2. The van der Waals surface area contributed by atoms with Crippen LogP contribution < -0.4 is 0 Å². The molecule has 0 atom stereocenters. The predicted molar refractivity (Wildman–Crippen MR) is 325 cm³/mol. The average molecular weight is 953 g/mol. The first-order chi connectivity index (χ1) is 32.7. The summed E-state index contributed by atoms with van der Waals surface area (Å²) in [4.78, 5) is 0. The van der Waals surface area contributed by atoms with Crippen molar-refractivity contribution in [3.8, 4) is 0 Å². The lowest BCUT2D eigenvalue weighted by atomic mass is 9.76. The highest BCUT2D eigenvalue weighted by Gasteiger charge is 2.28. The number of fused-ring (bicyclic) bond motifs is 4. The van der Waals surface area contributed by atoms with Crippen LogP contribution >= 0.6 is 0 Å². The second-order valence-electron chi connectivity index (χ2n) is 30.6. The Kier molecular flexibility index (Phi) is 11.6. The van der Waals surface area contributed by atoms with Crippen LogP contribution in [0.5, 0.6) is 0 Å². The summed E-state index contributed by atoms with van der Waals surface area (Å²) in [5, 5.41) is 22.4. The van der Waals surface area contributed by atoms with E-state index in [2.05, 4.69) is 263 Å². The van der Waals surface area contributed by atoms with Crippen molar-refractivity contribution < 1.29 is 0 Å². The smallest absolute Gasteiger partial charge is 0.00260 e. The molecule has 10 aromatic carbocycles. The molecule has 0 nitrogen and oxygen atoms in total.